The maximum atomic E-state index is 12.9. The van der Waals surface area contributed by atoms with E-state index < -0.39 is 17.5 Å². The molecule has 1 aliphatic rings. The summed E-state index contributed by atoms with van der Waals surface area (Å²) < 4.78 is 0. The molecule has 1 unspecified atom stereocenters. The standard InChI is InChI=1S/C19H21N3O3S/c1-13(2)22(14-8-5-4-6-9-14)16(23)12-21-17(24)19(3,20-18(21)25)15-10-7-11-26-15/h4-11,13H,12H2,1-3H3,(H,20,25). The Balaban J connectivity index is 1.82. The number of hydrogen-bond acceptors (Lipinski definition) is 4. The van der Waals surface area contributed by atoms with Crippen LogP contribution in [0.3, 0.4) is 0 Å². The maximum absolute atomic E-state index is 12.9. The number of nitrogens with zero attached hydrogens (tertiary/aromatic N) is 2. The number of anilines is 1. The van der Waals surface area contributed by atoms with Crippen LogP contribution < -0.4 is 10.2 Å². The number of benzene rings is 1. The van der Waals surface area contributed by atoms with E-state index in [1.807, 2.05) is 55.6 Å². The van der Waals surface area contributed by atoms with Crippen molar-refractivity contribution in [3.8, 4) is 0 Å². The Morgan fingerprint density at radius 2 is 1.88 bits per heavy atom. The van der Waals surface area contributed by atoms with Crippen LogP contribution in [0.5, 0.6) is 0 Å². The SMILES string of the molecule is CC(C)N(C(=O)CN1C(=O)NC(C)(c2cccs2)C1=O)c1ccccc1. The molecular weight excluding hydrogens is 350 g/mol. The molecule has 0 bridgehead atoms. The highest BCUT2D eigenvalue weighted by atomic mass is 32.1. The lowest BCUT2D eigenvalue weighted by atomic mass is 10.0. The predicted octanol–water partition coefficient (Wildman–Crippen LogP) is 2.96. The van der Waals surface area contributed by atoms with Gasteiger partial charge in [0.05, 0.1) is 0 Å². The number of carbonyl (C=O) groups is 3. The first-order valence-corrected chi connectivity index (χ1v) is 9.27. The molecule has 136 valence electrons. The number of para-hydroxylation sites is 1. The molecule has 1 aromatic carbocycles. The fraction of sp³-hybridized carbons (Fsp3) is 0.316. The van der Waals surface area contributed by atoms with Crippen LogP contribution in [0.25, 0.3) is 0 Å². The molecule has 7 heteroatoms. The predicted molar refractivity (Wildman–Crippen MR) is 101 cm³/mol. The van der Waals surface area contributed by atoms with Crippen molar-refractivity contribution in [2.45, 2.75) is 32.4 Å². The number of imide groups is 1. The van der Waals surface area contributed by atoms with E-state index in [-0.39, 0.29) is 18.5 Å². The molecule has 0 saturated carbocycles. The molecule has 26 heavy (non-hydrogen) atoms. The quantitative estimate of drug-likeness (QED) is 0.822. The van der Waals surface area contributed by atoms with Crippen LogP contribution in [-0.4, -0.2) is 35.3 Å². The number of nitrogens with one attached hydrogen (secondary N) is 1. The Morgan fingerprint density at radius 3 is 2.46 bits per heavy atom. The van der Waals surface area contributed by atoms with Crippen LogP contribution >= 0.6 is 11.3 Å². The Kier molecular flexibility index (Phi) is 4.82. The summed E-state index contributed by atoms with van der Waals surface area (Å²) >= 11 is 1.40. The smallest absolute Gasteiger partial charge is 0.319 e. The maximum Gasteiger partial charge on any atom is 0.325 e. The van der Waals surface area contributed by atoms with E-state index in [0.29, 0.717) is 0 Å². The van der Waals surface area contributed by atoms with Gasteiger partial charge in [0.2, 0.25) is 5.91 Å². The van der Waals surface area contributed by atoms with Crippen LogP contribution in [0.1, 0.15) is 25.6 Å². The zero-order chi connectivity index (χ0) is 18.9. The van der Waals surface area contributed by atoms with Crippen LogP contribution in [0.4, 0.5) is 10.5 Å². The minimum absolute atomic E-state index is 0.102. The zero-order valence-electron chi connectivity index (χ0n) is 14.9. The number of amides is 4. The van der Waals surface area contributed by atoms with Gasteiger partial charge in [0.15, 0.2) is 5.54 Å². The molecule has 0 spiro atoms. The van der Waals surface area contributed by atoms with Gasteiger partial charge in [-0.1, -0.05) is 24.3 Å². The summed E-state index contributed by atoms with van der Waals surface area (Å²) in [6, 6.07) is 12.2. The van der Waals surface area contributed by atoms with Crippen molar-refractivity contribution in [3.63, 3.8) is 0 Å². The first-order valence-electron chi connectivity index (χ1n) is 8.40. The lowest BCUT2D eigenvalue weighted by Crippen LogP contribution is -2.46. The summed E-state index contributed by atoms with van der Waals surface area (Å²) in [4.78, 5) is 41.5. The Bertz CT molecular complexity index is 820. The topological polar surface area (TPSA) is 69.7 Å². The molecule has 6 nitrogen and oxygen atoms in total. The largest absolute Gasteiger partial charge is 0.325 e. The van der Waals surface area contributed by atoms with Crippen molar-refractivity contribution in [3.05, 3.63) is 52.7 Å². The van der Waals surface area contributed by atoms with Gasteiger partial charge in [-0.15, -0.1) is 11.3 Å². The van der Waals surface area contributed by atoms with Crippen LogP contribution in [0.15, 0.2) is 47.8 Å². The summed E-state index contributed by atoms with van der Waals surface area (Å²) in [5.41, 5.74) is -0.387. The number of rotatable bonds is 5. The van der Waals surface area contributed by atoms with E-state index in [9.17, 15) is 14.4 Å². The van der Waals surface area contributed by atoms with Crippen molar-refractivity contribution in [1.29, 1.82) is 0 Å². The molecule has 1 aliphatic heterocycles. The summed E-state index contributed by atoms with van der Waals surface area (Å²) in [5, 5.41) is 4.57. The Labute approximate surface area is 156 Å². The van der Waals surface area contributed by atoms with Gasteiger partial charge in [-0.05, 0) is 44.4 Å². The van der Waals surface area contributed by atoms with E-state index in [1.165, 1.54) is 11.3 Å². The highest BCUT2D eigenvalue weighted by Gasteiger charge is 2.50. The third-order valence-corrected chi connectivity index (χ3v) is 5.49. The van der Waals surface area contributed by atoms with E-state index in [1.54, 1.807) is 17.9 Å². The van der Waals surface area contributed by atoms with Crippen molar-refractivity contribution in [1.82, 2.24) is 10.2 Å². The van der Waals surface area contributed by atoms with Gasteiger partial charge >= 0.3 is 6.03 Å². The van der Waals surface area contributed by atoms with Gasteiger partial charge in [0.1, 0.15) is 6.54 Å². The van der Waals surface area contributed by atoms with Crippen LogP contribution in [-0.2, 0) is 15.1 Å². The second kappa shape index (κ2) is 6.92. The first-order chi connectivity index (χ1) is 12.3. The van der Waals surface area contributed by atoms with E-state index >= 15 is 0 Å². The highest BCUT2D eigenvalue weighted by molar-refractivity contribution is 7.10. The van der Waals surface area contributed by atoms with E-state index in [2.05, 4.69) is 5.32 Å². The minimum atomic E-state index is -1.12. The van der Waals surface area contributed by atoms with Crippen molar-refractivity contribution in [2.24, 2.45) is 0 Å². The molecule has 0 aliphatic carbocycles. The Hall–Kier alpha value is -2.67. The number of urea groups is 1. The summed E-state index contributed by atoms with van der Waals surface area (Å²) in [5.74, 6) is -0.708. The Morgan fingerprint density at radius 1 is 1.19 bits per heavy atom. The number of hydrogen-bond donors (Lipinski definition) is 1. The van der Waals surface area contributed by atoms with Gasteiger partial charge in [0.25, 0.3) is 5.91 Å². The average molecular weight is 371 g/mol. The lowest BCUT2D eigenvalue weighted by Gasteiger charge is -2.28. The van der Waals surface area contributed by atoms with E-state index in [0.717, 1.165) is 15.5 Å². The van der Waals surface area contributed by atoms with Crippen molar-refractivity contribution < 1.29 is 14.4 Å². The van der Waals surface area contributed by atoms with Crippen LogP contribution in [0, 0.1) is 0 Å². The monoisotopic (exact) mass is 371 g/mol. The van der Waals surface area contributed by atoms with Crippen molar-refractivity contribution >= 4 is 34.9 Å². The molecular formula is C19H21N3O3S. The van der Waals surface area contributed by atoms with Gasteiger partial charge < -0.3 is 10.2 Å². The first kappa shape index (κ1) is 18.1. The normalized spacial score (nSPS) is 19.8. The van der Waals surface area contributed by atoms with Crippen LogP contribution in [0.2, 0.25) is 0 Å². The average Bonchev–Trinajstić information content (AvgIpc) is 3.20. The molecule has 3 rings (SSSR count). The summed E-state index contributed by atoms with van der Waals surface area (Å²) in [6.07, 6.45) is 0. The second-order valence-corrected chi connectivity index (χ2v) is 7.56. The molecule has 1 saturated heterocycles. The van der Waals surface area contributed by atoms with Gasteiger partial charge in [-0.25, -0.2) is 4.79 Å². The molecule has 1 fully saturated rings. The molecule has 2 aromatic rings. The van der Waals surface area contributed by atoms with Gasteiger partial charge in [-0.3, -0.25) is 14.5 Å². The molecule has 1 aromatic heterocycles. The number of thiophene rings is 1. The molecule has 2 heterocycles. The van der Waals surface area contributed by atoms with Crippen molar-refractivity contribution in [2.75, 3.05) is 11.4 Å². The van der Waals surface area contributed by atoms with Gasteiger partial charge in [-0.2, -0.15) is 0 Å². The summed E-state index contributed by atoms with van der Waals surface area (Å²) in [6.45, 7) is 5.17. The molecule has 1 N–H and O–H groups in total. The molecule has 1 atom stereocenters. The van der Waals surface area contributed by atoms with Gasteiger partial charge in [0, 0.05) is 16.6 Å². The fourth-order valence-corrected chi connectivity index (χ4v) is 3.94. The minimum Gasteiger partial charge on any atom is -0.319 e. The lowest BCUT2D eigenvalue weighted by molar-refractivity contribution is -0.134. The zero-order valence-corrected chi connectivity index (χ0v) is 15.7. The third-order valence-electron chi connectivity index (χ3n) is 4.40. The number of carbonyl (C=O) groups excluding carboxylic acids is 3. The molecule has 4 amide bonds. The fourth-order valence-electron chi connectivity index (χ4n) is 3.10. The second-order valence-electron chi connectivity index (χ2n) is 6.62. The third kappa shape index (κ3) is 3.10. The highest BCUT2D eigenvalue weighted by Crippen LogP contribution is 2.32. The summed E-state index contributed by atoms with van der Waals surface area (Å²) in [7, 11) is 0. The van der Waals surface area contributed by atoms with E-state index in [4.69, 9.17) is 0 Å². The molecule has 0 radical (unpaired) electrons.